The molecule has 0 aromatic heterocycles. The van der Waals surface area contributed by atoms with Crippen molar-refractivity contribution >= 4 is 6.08 Å². The van der Waals surface area contributed by atoms with Gasteiger partial charge in [0.1, 0.15) is 0 Å². The summed E-state index contributed by atoms with van der Waals surface area (Å²) in [5, 5.41) is 0. The maximum atomic E-state index is 3.96. The van der Waals surface area contributed by atoms with Crippen molar-refractivity contribution in [1.29, 1.82) is 0 Å². The van der Waals surface area contributed by atoms with Gasteiger partial charge >= 0.3 is 0 Å². The van der Waals surface area contributed by atoms with Crippen LogP contribution in [0, 0.1) is 0 Å². The molecule has 1 aromatic rings. The Hall–Kier alpha value is -1.04. The molecule has 1 rings (SSSR count). The lowest BCUT2D eigenvalue weighted by atomic mass is 9.93. The third-order valence-electron chi connectivity index (χ3n) is 3.61. The Labute approximate surface area is 113 Å². The first-order valence-corrected chi connectivity index (χ1v) is 7.56. The quantitative estimate of drug-likeness (QED) is 0.482. The van der Waals surface area contributed by atoms with Gasteiger partial charge in [-0.15, -0.1) is 0 Å². The first kappa shape index (κ1) is 15.0. The zero-order valence-corrected chi connectivity index (χ0v) is 12.2. The van der Waals surface area contributed by atoms with Gasteiger partial charge in [-0.1, -0.05) is 70.4 Å². The molecular formula is C18H28. The zero-order valence-electron chi connectivity index (χ0n) is 12.2. The van der Waals surface area contributed by atoms with Crippen molar-refractivity contribution in [3.8, 4) is 0 Å². The van der Waals surface area contributed by atoms with Gasteiger partial charge < -0.3 is 0 Å². The fraction of sp³-hybridized carbons (Fsp3) is 0.556. The molecule has 100 valence electrons. The molecular weight excluding hydrogens is 216 g/mol. The molecule has 0 fully saturated rings. The Bertz CT molecular complexity index is 349. The topological polar surface area (TPSA) is 0 Å². The predicted molar refractivity (Wildman–Crippen MR) is 83.0 cm³/mol. The SMILES string of the molecule is C=Cc1cccc(CCCCC)c1CCCCC. The lowest BCUT2D eigenvalue weighted by Crippen LogP contribution is -1.98. The highest BCUT2D eigenvalue weighted by Crippen LogP contribution is 2.21. The molecule has 0 atom stereocenters. The van der Waals surface area contributed by atoms with Crippen LogP contribution in [0.4, 0.5) is 0 Å². The van der Waals surface area contributed by atoms with Crippen molar-refractivity contribution < 1.29 is 0 Å². The minimum absolute atomic E-state index is 1.22. The lowest BCUT2D eigenvalue weighted by Gasteiger charge is -2.13. The minimum Gasteiger partial charge on any atom is -0.0985 e. The van der Waals surface area contributed by atoms with Crippen LogP contribution in [0.15, 0.2) is 24.8 Å². The molecule has 0 heterocycles. The summed E-state index contributed by atoms with van der Waals surface area (Å²) in [6.07, 6.45) is 12.4. The van der Waals surface area contributed by atoms with Crippen LogP contribution in [0.1, 0.15) is 69.1 Å². The highest BCUT2D eigenvalue weighted by Gasteiger charge is 2.06. The van der Waals surface area contributed by atoms with Crippen LogP contribution in [-0.4, -0.2) is 0 Å². The molecule has 0 saturated carbocycles. The Morgan fingerprint density at radius 1 is 0.944 bits per heavy atom. The maximum Gasteiger partial charge on any atom is -0.0228 e. The number of benzene rings is 1. The number of hydrogen-bond acceptors (Lipinski definition) is 0. The number of hydrogen-bond donors (Lipinski definition) is 0. The second-order valence-corrected chi connectivity index (χ2v) is 5.10. The molecule has 0 spiro atoms. The molecule has 0 radical (unpaired) electrons. The lowest BCUT2D eigenvalue weighted by molar-refractivity contribution is 0.693. The Morgan fingerprint density at radius 3 is 2.22 bits per heavy atom. The minimum atomic E-state index is 1.22. The van der Waals surface area contributed by atoms with E-state index in [9.17, 15) is 0 Å². The molecule has 0 amide bonds. The van der Waals surface area contributed by atoms with Gasteiger partial charge in [0.2, 0.25) is 0 Å². The molecule has 0 aliphatic rings. The van der Waals surface area contributed by atoms with E-state index in [0.29, 0.717) is 0 Å². The molecule has 0 unspecified atom stereocenters. The van der Waals surface area contributed by atoms with Gasteiger partial charge in [-0.05, 0) is 42.4 Å². The van der Waals surface area contributed by atoms with Crippen molar-refractivity contribution in [3.63, 3.8) is 0 Å². The summed E-state index contributed by atoms with van der Waals surface area (Å²) >= 11 is 0. The van der Waals surface area contributed by atoms with Crippen LogP contribution < -0.4 is 0 Å². The number of rotatable bonds is 9. The summed E-state index contributed by atoms with van der Waals surface area (Å²) in [6.45, 7) is 8.49. The van der Waals surface area contributed by atoms with E-state index < -0.39 is 0 Å². The zero-order chi connectivity index (χ0) is 13.2. The maximum absolute atomic E-state index is 3.96. The van der Waals surface area contributed by atoms with E-state index in [1.807, 2.05) is 6.08 Å². The Morgan fingerprint density at radius 2 is 1.61 bits per heavy atom. The summed E-state index contributed by atoms with van der Waals surface area (Å²) in [4.78, 5) is 0. The van der Waals surface area contributed by atoms with Crippen LogP contribution in [0.25, 0.3) is 6.08 Å². The van der Waals surface area contributed by atoms with Gasteiger partial charge in [-0.2, -0.15) is 0 Å². The molecule has 0 aliphatic heterocycles. The first-order valence-electron chi connectivity index (χ1n) is 7.56. The number of unbranched alkanes of at least 4 members (excludes halogenated alkanes) is 4. The average Bonchev–Trinajstić information content (AvgIpc) is 2.40. The van der Waals surface area contributed by atoms with Gasteiger partial charge in [0, 0.05) is 0 Å². The van der Waals surface area contributed by atoms with Crippen LogP contribution in [-0.2, 0) is 12.8 Å². The Kier molecular flexibility index (Phi) is 7.48. The summed E-state index contributed by atoms with van der Waals surface area (Å²) in [5.41, 5.74) is 4.45. The van der Waals surface area contributed by atoms with Crippen molar-refractivity contribution in [1.82, 2.24) is 0 Å². The van der Waals surface area contributed by atoms with Gasteiger partial charge in [0.25, 0.3) is 0 Å². The average molecular weight is 244 g/mol. The first-order chi connectivity index (χ1) is 8.83. The normalized spacial score (nSPS) is 10.6. The fourth-order valence-electron chi connectivity index (χ4n) is 2.50. The highest BCUT2D eigenvalue weighted by molar-refractivity contribution is 5.54. The van der Waals surface area contributed by atoms with Crippen LogP contribution >= 0.6 is 0 Å². The molecule has 0 saturated heterocycles. The van der Waals surface area contributed by atoms with Gasteiger partial charge in [-0.25, -0.2) is 0 Å². The van der Waals surface area contributed by atoms with E-state index in [-0.39, 0.29) is 0 Å². The van der Waals surface area contributed by atoms with Crippen LogP contribution in [0.2, 0.25) is 0 Å². The fourth-order valence-corrected chi connectivity index (χ4v) is 2.50. The van der Waals surface area contributed by atoms with Crippen molar-refractivity contribution in [2.45, 2.75) is 65.2 Å². The van der Waals surface area contributed by atoms with E-state index in [2.05, 4.69) is 38.6 Å². The molecule has 0 nitrogen and oxygen atoms in total. The number of aryl methyl sites for hydroxylation is 1. The van der Waals surface area contributed by atoms with Gasteiger partial charge in [0.05, 0.1) is 0 Å². The monoisotopic (exact) mass is 244 g/mol. The van der Waals surface area contributed by atoms with E-state index in [1.165, 1.54) is 56.9 Å². The largest absolute Gasteiger partial charge is 0.0985 e. The van der Waals surface area contributed by atoms with Crippen LogP contribution in [0.5, 0.6) is 0 Å². The highest BCUT2D eigenvalue weighted by atomic mass is 14.1. The molecule has 0 N–H and O–H groups in total. The Balaban J connectivity index is 2.75. The third-order valence-corrected chi connectivity index (χ3v) is 3.61. The smallest absolute Gasteiger partial charge is 0.0228 e. The molecule has 18 heavy (non-hydrogen) atoms. The van der Waals surface area contributed by atoms with Crippen molar-refractivity contribution in [2.24, 2.45) is 0 Å². The summed E-state index contributed by atoms with van der Waals surface area (Å²) in [6, 6.07) is 6.70. The second kappa shape index (κ2) is 8.97. The van der Waals surface area contributed by atoms with Crippen molar-refractivity contribution in [2.75, 3.05) is 0 Å². The van der Waals surface area contributed by atoms with E-state index in [0.717, 1.165) is 0 Å². The van der Waals surface area contributed by atoms with Crippen LogP contribution in [0.3, 0.4) is 0 Å². The summed E-state index contributed by atoms with van der Waals surface area (Å²) in [7, 11) is 0. The third kappa shape index (κ3) is 4.68. The van der Waals surface area contributed by atoms with Crippen molar-refractivity contribution in [3.05, 3.63) is 41.5 Å². The summed E-state index contributed by atoms with van der Waals surface area (Å²) < 4.78 is 0. The van der Waals surface area contributed by atoms with E-state index >= 15 is 0 Å². The molecule has 1 aromatic carbocycles. The molecule has 0 heteroatoms. The van der Waals surface area contributed by atoms with Gasteiger partial charge in [-0.3, -0.25) is 0 Å². The standard InChI is InChI=1S/C18H28/c1-4-7-9-12-17-14-11-13-16(6-3)18(17)15-10-8-5-2/h6,11,13-14H,3-5,7-10,12,15H2,1-2H3. The molecule has 0 aliphatic carbocycles. The predicted octanol–water partition coefficient (Wildman–Crippen LogP) is 5.80. The van der Waals surface area contributed by atoms with E-state index in [1.54, 1.807) is 11.1 Å². The van der Waals surface area contributed by atoms with Gasteiger partial charge in [0.15, 0.2) is 0 Å². The summed E-state index contributed by atoms with van der Waals surface area (Å²) in [5.74, 6) is 0. The van der Waals surface area contributed by atoms with E-state index in [4.69, 9.17) is 0 Å². The molecule has 0 bridgehead atoms. The second-order valence-electron chi connectivity index (χ2n) is 5.10.